The number of benzene rings is 1. The van der Waals surface area contributed by atoms with Gasteiger partial charge in [-0.05, 0) is 55.4 Å². The van der Waals surface area contributed by atoms with E-state index in [1.54, 1.807) is 6.07 Å². The van der Waals surface area contributed by atoms with Gasteiger partial charge in [0.1, 0.15) is 0 Å². The van der Waals surface area contributed by atoms with Crippen molar-refractivity contribution in [3.8, 4) is 0 Å². The molecule has 3 saturated carbocycles. The van der Waals surface area contributed by atoms with Gasteiger partial charge in [-0.1, -0.05) is 6.07 Å². The van der Waals surface area contributed by atoms with Crippen molar-refractivity contribution in [2.45, 2.75) is 26.2 Å². The molecule has 5 atom stereocenters. The minimum atomic E-state index is -0.429. The van der Waals surface area contributed by atoms with E-state index >= 15 is 0 Å². The third-order valence-electron chi connectivity index (χ3n) is 5.73. The number of aryl methyl sites for hydroxylation is 1. The van der Waals surface area contributed by atoms with Gasteiger partial charge >= 0.3 is 0 Å². The number of nitro groups is 1. The Bertz CT molecular complexity index is 626. The third kappa shape index (κ3) is 1.87. The Hall–Kier alpha value is -1.91. The van der Waals surface area contributed by atoms with Gasteiger partial charge in [0.2, 0.25) is 5.91 Å². The number of hydrogen-bond acceptors (Lipinski definition) is 3. The summed E-state index contributed by atoms with van der Waals surface area (Å²) in [7, 11) is 0. The first-order valence-corrected chi connectivity index (χ1v) is 7.62. The summed E-state index contributed by atoms with van der Waals surface area (Å²) in [6.07, 6.45) is 3.88. The zero-order valence-corrected chi connectivity index (χ0v) is 11.9. The van der Waals surface area contributed by atoms with E-state index in [2.05, 4.69) is 5.32 Å². The number of fused-ring (bicyclic) bond motifs is 5. The summed E-state index contributed by atoms with van der Waals surface area (Å²) in [6, 6.07) is 4.61. The molecule has 3 aliphatic rings. The summed E-state index contributed by atoms with van der Waals surface area (Å²) in [5.41, 5.74) is 1.46. The summed E-state index contributed by atoms with van der Waals surface area (Å²) < 4.78 is 0. The molecule has 2 bridgehead atoms. The number of carbonyl (C=O) groups excluding carboxylic acids is 1. The Morgan fingerprint density at radius 2 is 1.95 bits per heavy atom. The van der Waals surface area contributed by atoms with Crippen LogP contribution in [0.4, 0.5) is 11.4 Å². The lowest BCUT2D eigenvalue weighted by molar-refractivity contribution is -0.384. The van der Waals surface area contributed by atoms with Crippen LogP contribution in [-0.2, 0) is 4.79 Å². The van der Waals surface area contributed by atoms with Crippen molar-refractivity contribution in [2.75, 3.05) is 5.32 Å². The van der Waals surface area contributed by atoms with Gasteiger partial charge in [-0.3, -0.25) is 14.9 Å². The number of rotatable bonds is 3. The fraction of sp³-hybridized carbons (Fsp3) is 0.562. The first-order valence-electron chi connectivity index (χ1n) is 7.62. The Morgan fingerprint density at radius 1 is 1.29 bits per heavy atom. The van der Waals surface area contributed by atoms with Crippen molar-refractivity contribution in [3.05, 3.63) is 33.9 Å². The van der Waals surface area contributed by atoms with E-state index in [0.717, 1.165) is 17.4 Å². The van der Waals surface area contributed by atoms with Crippen LogP contribution in [0, 0.1) is 46.6 Å². The largest absolute Gasteiger partial charge is 0.325 e. The number of anilines is 1. The molecule has 4 rings (SSSR count). The summed E-state index contributed by atoms with van der Waals surface area (Å²) in [5.74, 6) is 2.88. The predicted molar refractivity (Wildman–Crippen MR) is 77.8 cm³/mol. The van der Waals surface area contributed by atoms with Crippen LogP contribution in [0.5, 0.6) is 0 Å². The van der Waals surface area contributed by atoms with Crippen LogP contribution < -0.4 is 5.32 Å². The summed E-state index contributed by atoms with van der Waals surface area (Å²) in [6.45, 7) is 1.86. The second-order valence-corrected chi connectivity index (χ2v) is 6.76. The maximum atomic E-state index is 12.5. The smallest absolute Gasteiger partial charge is 0.271 e. The lowest BCUT2D eigenvalue weighted by atomic mass is 10.0. The fourth-order valence-electron chi connectivity index (χ4n) is 4.75. The van der Waals surface area contributed by atoms with Crippen molar-refractivity contribution in [1.29, 1.82) is 0 Å². The van der Waals surface area contributed by atoms with Crippen LogP contribution in [0.25, 0.3) is 0 Å². The molecule has 0 spiro atoms. The lowest BCUT2D eigenvalue weighted by Crippen LogP contribution is -2.19. The summed E-state index contributed by atoms with van der Waals surface area (Å²) in [5, 5.41) is 13.8. The van der Waals surface area contributed by atoms with Crippen molar-refractivity contribution in [1.82, 2.24) is 0 Å². The van der Waals surface area contributed by atoms with Gasteiger partial charge in [-0.2, -0.15) is 0 Å². The number of nitro benzene ring substituents is 1. The molecule has 21 heavy (non-hydrogen) atoms. The first-order chi connectivity index (χ1) is 10.1. The Balaban J connectivity index is 1.51. The number of hydrogen-bond donors (Lipinski definition) is 1. The van der Waals surface area contributed by atoms with Crippen LogP contribution in [0.1, 0.15) is 24.8 Å². The standard InChI is InChI=1S/C16H18N2O3/c1-8-2-5-11(18(20)21)7-12(8)17-16(19)15-13-9-3-4-10(6-9)14(13)15/h2,5,7,9-10,13-15H,3-4,6H2,1H3,(H,17,19)/t9-,10-,13-,14+,15?/m1/s1. The van der Waals surface area contributed by atoms with E-state index in [4.69, 9.17) is 0 Å². The van der Waals surface area contributed by atoms with E-state index in [0.29, 0.717) is 17.5 Å². The number of nitrogens with zero attached hydrogens (tertiary/aromatic N) is 1. The minimum absolute atomic E-state index is 0.0203. The molecular weight excluding hydrogens is 268 g/mol. The van der Waals surface area contributed by atoms with E-state index in [-0.39, 0.29) is 17.5 Å². The van der Waals surface area contributed by atoms with Crippen LogP contribution in [-0.4, -0.2) is 10.8 Å². The highest BCUT2D eigenvalue weighted by Gasteiger charge is 2.67. The highest BCUT2D eigenvalue weighted by molar-refractivity contribution is 5.96. The summed E-state index contributed by atoms with van der Waals surface area (Å²) in [4.78, 5) is 22.9. The van der Waals surface area contributed by atoms with E-state index in [1.807, 2.05) is 6.92 Å². The molecule has 1 unspecified atom stereocenters. The van der Waals surface area contributed by atoms with Gasteiger partial charge in [0.25, 0.3) is 5.69 Å². The zero-order valence-electron chi connectivity index (χ0n) is 11.9. The maximum absolute atomic E-state index is 12.5. The topological polar surface area (TPSA) is 72.2 Å². The Kier molecular flexibility index (Phi) is 2.62. The molecule has 0 heterocycles. The molecular formula is C16H18N2O3. The zero-order chi connectivity index (χ0) is 14.7. The van der Waals surface area contributed by atoms with Gasteiger partial charge in [0, 0.05) is 18.1 Å². The molecule has 3 aliphatic carbocycles. The van der Waals surface area contributed by atoms with E-state index in [1.165, 1.54) is 31.4 Å². The minimum Gasteiger partial charge on any atom is -0.325 e. The first kappa shape index (κ1) is 12.8. The average molecular weight is 286 g/mol. The van der Waals surface area contributed by atoms with Gasteiger partial charge in [-0.25, -0.2) is 0 Å². The highest BCUT2D eigenvalue weighted by atomic mass is 16.6. The van der Waals surface area contributed by atoms with Crippen LogP contribution >= 0.6 is 0 Å². The molecule has 0 aromatic heterocycles. The Labute approximate surface area is 122 Å². The van der Waals surface area contributed by atoms with E-state index < -0.39 is 4.92 Å². The van der Waals surface area contributed by atoms with Crippen LogP contribution in [0.3, 0.4) is 0 Å². The predicted octanol–water partition coefficient (Wildman–Crippen LogP) is 3.13. The molecule has 0 aliphatic heterocycles. The van der Waals surface area contributed by atoms with Crippen molar-refractivity contribution < 1.29 is 9.72 Å². The molecule has 110 valence electrons. The normalized spacial score (nSPS) is 35.4. The Morgan fingerprint density at radius 3 is 2.57 bits per heavy atom. The summed E-state index contributed by atoms with van der Waals surface area (Å²) >= 11 is 0. The molecule has 1 aromatic carbocycles. The van der Waals surface area contributed by atoms with Crippen molar-refractivity contribution in [2.24, 2.45) is 29.6 Å². The van der Waals surface area contributed by atoms with Gasteiger partial charge in [-0.15, -0.1) is 0 Å². The molecule has 1 amide bonds. The number of carbonyl (C=O) groups is 1. The van der Waals surface area contributed by atoms with Gasteiger partial charge < -0.3 is 5.32 Å². The van der Waals surface area contributed by atoms with Crippen LogP contribution in [0.2, 0.25) is 0 Å². The number of amides is 1. The quantitative estimate of drug-likeness (QED) is 0.685. The molecule has 0 radical (unpaired) electrons. The molecule has 5 nitrogen and oxygen atoms in total. The highest BCUT2D eigenvalue weighted by Crippen LogP contribution is 2.69. The molecule has 3 fully saturated rings. The lowest BCUT2D eigenvalue weighted by Gasteiger charge is -2.11. The molecule has 5 heteroatoms. The monoisotopic (exact) mass is 286 g/mol. The molecule has 0 saturated heterocycles. The average Bonchev–Trinajstić information content (AvgIpc) is 2.90. The van der Waals surface area contributed by atoms with E-state index in [9.17, 15) is 14.9 Å². The second kappa shape index (κ2) is 4.29. The van der Waals surface area contributed by atoms with Crippen molar-refractivity contribution in [3.63, 3.8) is 0 Å². The van der Waals surface area contributed by atoms with Gasteiger partial charge in [0.05, 0.1) is 10.6 Å². The number of non-ortho nitro benzene ring substituents is 1. The molecule has 1 aromatic rings. The molecule has 1 N–H and O–H groups in total. The number of nitrogens with one attached hydrogen (secondary N) is 1. The SMILES string of the molecule is Cc1ccc([N+](=O)[O-])cc1NC(=O)C1[C@@H]2[C@@H]3CC[C@H](C3)[C@H]12. The maximum Gasteiger partial charge on any atom is 0.271 e. The third-order valence-corrected chi connectivity index (χ3v) is 5.73. The fourth-order valence-corrected chi connectivity index (χ4v) is 4.75. The van der Waals surface area contributed by atoms with Crippen LogP contribution in [0.15, 0.2) is 18.2 Å². The van der Waals surface area contributed by atoms with Crippen molar-refractivity contribution >= 4 is 17.3 Å². The second-order valence-electron chi connectivity index (χ2n) is 6.76. The van der Waals surface area contributed by atoms with Gasteiger partial charge in [0.15, 0.2) is 0 Å².